The number of rotatable bonds is 2. The number of hydrogen-bond acceptors (Lipinski definition) is 3. The highest BCUT2D eigenvalue weighted by molar-refractivity contribution is 5.91. The molecule has 2 N–H and O–H groups in total. The molecule has 1 heterocycles. The number of carbonyl (C=O) groups excluding carboxylic acids is 1. The van der Waals surface area contributed by atoms with Crippen LogP contribution in [0.5, 0.6) is 0 Å². The molecule has 0 aliphatic heterocycles. The van der Waals surface area contributed by atoms with E-state index < -0.39 is 0 Å². The van der Waals surface area contributed by atoms with E-state index in [0.717, 1.165) is 19.3 Å². The SMILES string of the molecule is CC1CCCC(C(=O)Nc2nc3ccccc3c(=O)[nH]2)C1. The van der Waals surface area contributed by atoms with Crippen LogP contribution in [0.2, 0.25) is 0 Å². The molecule has 1 aromatic carbocycles. The first-order valence-electron chi connectivity index (χ1n) is 7.43. The van der Waals surface area contributed by atoms with Crippen molar-refractivity contribution in [1.29, 1.82) is 0 Å². The number of hydrogen-bond donors (Lipinski definition) is 2. The van der Waals surface area contributed by atoms with Crippen LogP contribution >= 0.6 is 0 Å². The first-order valence-corrected chi connectivity index (χ1v) is 7.43. The van der Waals surface area contributed by atoms with Gasteiger partial charge in [-0.05, 0) is 30.9 Å². The predicted molar refractivity (Wildman–Crippen MR) is 82.1 cm³/mol. The Morgan fingerprint density at radius 1 is 1.33 bits per heavy atom. The van der Waals surface area contributed by atoms with E-state index in [-0.39, 0.29) is 23.3 Å². The van der Waals surface area contributed by atoms with Gasteiger partial charge in [0.1, 0.15) is 0 Å². The number of nitrogens with zero attached hydrogens (tertiary/aromatic N) is 1. The van der Waals surface area contributed by atoms with Crippen LogP contribution in [0.1, 0.15) is 32.6 Å². The van der Waals surface area contributed by atoms with Crippen molar-refractivity contribution in [3.63, 3.8) is 0 Å². The average molecular weight is 285 g/mol. The van der Waals surface area contributed by atoms with E-state index in [1.807, 2.05) is 6.07 Å². The lowest BCUT2D eigenvalue weighted by atomic mass is 9.82. The van der Waals surface area contributed by atoms with Gasteiger partial charge in [0.05, 0.1) is 10.9 Å². The fourth-order valence-corrected chi connectivity index (χ4v) is 3.04. The van der Waals surface area contributed by atoms with E-state index >= 15 is 0 Å². The number of aromatic nitrogens is 2. The molecule has 0 spiro atoms. The van der Waals surface area contributed by atoms with Gasteiger partial charge in [-0.2, -0.15) is 0 Å². The van der Waals surface area contributed by atoms with Crippen LogP contribution in [0, 0.1) is 11.8 Å². The second kappa shape index (κ2) is 5.68. The minimum atomic E-state index is -0.229. The van der Waals surface area contributed by atoms with E-state index in [1.165, 1.54) is 6.42 Å². The number of anilines is 1. The molecule has 110 valence electrons. The lowest BCUT2D eigenvalue weighted by molar-refractivity contribution is -0.121. The Labute approximate surface area is 122 Å². The molecule has 1 aliphatic rings. The molecule has 1 saturated carbocycles. The summed E-state index contributed by atoms with van der Waals surface area (Å²) >= 11 is 0. The first kappa shape index (κ1) is 13.8. The van der Waals surface area contributed by atoms with E-state index in [4.69, 9.17) is 0 Å². The summed E-state index contributed by atoms with van der Waals surface area (Å²) in [6, 6.07) is 7.10. The van der Waals surface area contributed by atoms with Gasteiger partial charge in [-0.1, -0.05) is 31.9 Å². The van der Waals surface area contributed by atoms with Crippen LogP contribution in [-0.4, -0.2) is 15.9 Å². The van der Waals surface area contributed by atoms with Crippen LogP contribution in [-0.2, 0) is 4.79 Å². The molecule has 21 heavy (non-hydrogen) atoms. The molecule has 1 aromatic heterocycles. The number of para-hydroxylation sites is 1. The van der Waals surface area contributed by atoms with Crippen LogP contribution in [0.4, 0.5) is 5.95 Å². The lowest BCUT2D eigenvalue weighted by Crippen LogP contribution is -2.28. The summed E-state index contributed by atoms with van der Waals surface area (Å²) < 4.78 is 0. The number of benzene rings is 1. The summed E-state index contributed by atoms with van der Waals surface area (Å²) in [5.74, 6) is 0.797. The maximum Gasteiger partial charge on any atom is 0.260 e. The highest BCUT2D eigenvalue weighted by Gasteiger charge is 2.25. The number of fused-ring (bicyclic) bond motifs is 1. The average Bonchev–Trinajstić information content (AvgIpc) is 2.47. The summed E-state index contributed by atoms with van der Waals surface area (Å²) in [5.41, 5.74) is 0.362. The molecule has 2 aromatic rings. The van der Waals surface area contributed by atoms with Crippen LogP contribution in [0.15, 0.2) is 29.1 Å². The Morgan fingerprint density at radius 2 is 2.14 bits per heavy atom. The first-order chi connectivity index (χ1) is 10.1. The number of amides is 1. The highest BCUT2D eigenvalue weighted by Crippen LogP contribution is 2.29. The van der Waals surface area contributed by atoms with E-state index in [0.29, 0.717) is 16.8 Å². The molecule has 0 bridgehead atoms. The Morgan fingerprint density at radius 3 is 2.95 bits per heavy atom. The van der Waals surface area contributed by atoms with Crippen molar-refractivity contribution >= 4 is 22.8 Å². The normalized spacial score (nSPS) is 22.1. The van der Waals surface area contributed by atoms with Gasteiger partial charge in [-0.25, -0.2) is 4.98 Å². The number of nitrogens with one attached hydrogen (secondary N) is 2. The molecule has 2 unspecified atom stereocenters. The van der Waals surface area contributed by atoms with Gasteiger partial charge in [-0.15, -0.1) is 0 Å². The summed E-state index contributed by atoms with van der Waals surface area (Å²) in [4.78, 5) is 31.2. The van der Waals surface area contributed by atoms with Crippen molar-refractivity contribution in [2.45, 2.75) is 32.6 Å². The smallest absolute Gasteiger partial charge is 0.260 e. The summed E-state index contributed by atoms with van der Waals surface area (Å²) in [6.07, 6.45) is 4.09. The van der Waals surface area contributed by atoms with Gasteiger partial charge >= 0.3 is 0 Å². The lowest BCUT2D eigenvalue weighted by Gasteiger charge is -2.25. The second-order valence-corrected chi connectivity index (χ2v) is 5.89. The number of aromatic amines is 1. The standard InChI is InChI=1S/C16H19N3O2/c1-10-5-4-6-11(9-10)14(20)18-16-17-13-8-3-2-7-12(13)15(21)19-16/h2-3,7-8,10-11H,4-6,9H2,1H3,(H2,17,18,19,20,21). The molecule has 2 atom stereocenters. The Hall–Kier alpha value is -2.17. The van der Waals surface area contributed by atoms with Crippen molar-refractivity contribution in [1.82, 2.24) is 9.97 Å². The third-order valence-electron chi connectivity index (χ3n) is 4.16. The second-order valence-electron chi connectivity index (χ2n) is 5.89. The maximum absolute atomic E-state index is 12.3. The minimum Gasteiger partial charge on any atom is -0.296 e. The summed E-state index contributed by atoms with van der Waals surface area (Å²) in [6.45, 7) is 2.18. The zero-order chi connectivity index (χ0) is 14.8. The van der Waals surface area contributed by atoms with Gasteiger partial charge < -0.3 is 0 Å². The van der Waals surface area contributed by atoms with E-state index in [9.17, 15) is 9.59 Å². The molecule has 1 aliphatic carbocycles. The summed E-state index contributed by atoms with van der Waals surface area (Å²) in [7, 11) is 0. The third kappa shape index (κ3) is 2.96. The van der Waals surface area contributed by atoms with Gasteiger partial charge in [0.15, 0.2) is 0 Å². The molecule has 0 saturated heterocycles. The molecule has 1 fully saturated rings. The summed E-state index contributed by atoms with van der Waals surface area (Å²) in [5, 5.41) is 3.29. The fourth-order valence-electron chi connectivity index (χ4n) is 3.04. The topological polar surface area (TPSA) is 74.8 Å². The fraction of sp³-hybridized carbons (Fsp3) is 0.438. The Balaban J connectivity index is 1.81. The quantitative estimate of drug-likeness (QED) is 0.890. The highest BCUT2D eigenvalue weighted by atomic mass is 16.2. The van der Waals surface area contributed by atoms with Crippen molar-refractivity contribution in [2.75, 3.05) is 5.32 Å². The van der Waals surface area contributed by atoms with Crippen molar-refractivity contribution in [3.05, 3.63) is 34.6 Å². The number of carbonyl (C=O) groups is 1. The van der Waals surface area contributed by atoms with Gasteiger partial charge in [0.2, 0.25) is 11.9 Å². The van der Waals surface area contributed by atoms with Crippen molar-refractivity contribution in [2.24, 2.45) is 11.8 Å². The van der Waals surface area contributed by atoms with Crippen LogP contribution in [0.3, 0.4) is 0 Å². The zero-order valence-corrected chi connectivity index (χ0v) is 12.1. The van der Waals surface area contributed by atoms with E-state index in [1.54, 1.807) is 18.2 Å². The third-order valence-corrected chi connectivity index (χ3v) is 4.16. The molecular weight excluding hydrogens is 266 g/mol. The van der Waals surface area contributed by atoms with Gasteiger partial charge in [0.25, 0.3) is 5.56 Å². The van der Waals surface area contributed by atoms with Crippen molar-refractivity contribution < 1.29 is 4.79 Å². The van der Waals surface area contributed by atoms with Crippen LogP contribution in [0.25, 0.3) is 10.9 Å². The van der Waals surface area contributed by atoms with Gasteiger partial charge in [0, 0.05) is 5.92 Å². The van der Waals surface area contributed by atoms with Crippen LogP contribution < -0.4 is 10.9 Å². The monoisotopic (exact) mass is 285 g/mol. The number of H-pyrrole nitrogens is 1. The molecular formula is C16H19N3O2. The largest absolute Gasteiger partial charge is 0.296 e. The Kier molecular flexibility index (Phi) is 3.73. The van der Waals surface area contributed by atoms with E-state index in [2.05, 4.69) is 22.2 Å². The van der Waals surface area contributed by atoms with Crippen molar-refractivity contribution in [3.8, 4) is 0 Å². The maximum atomic E-state index is 12.3. The molecule has 1 amide bonds. The molecule has 5 heteroatoms. The van der Waals surface area contributed by atoms with Gasteiger partial charge in [-0.3, -0.25) is 19.9 Å². The Bertz CT molecular complexity index is 723. The molecule has 5 nitrogen and oxygen atoms in total. The molecule has 3 rings (SSSR count). The zero-order valence-electron chi connectivity index (χ0n) is 12.1. The predicted octanol–water partition coefficient (Wildman–Crippen LogP) is 2.69. The minimum absolute atomic E-state index is 0.0190. The molecule has 0 radical (unpaired) electrons.